The Bertz CT molecular complexity index is 271. The van der Waals surface area contributed by atoms with Crippen molar-refractivity contribution in [2.24, 2.45) is 0 Å². The zero-order valence-corrected chi connectivity index (χ0v) is 5.66. The lowest BCUT2D eigenvalue weighted by Gasteiger charge is -1.93. The molecular formula is C6H6N4O. The summed E-state index contributed by atoms with van der Waals surface area (Å²) in [5.41, 5.74) is 0.431. The lowest BCUT2D eigenvalue weighted by molar-refractivity contribution is 0.0958. The van der Waals surface area contributed by atoms with Crippen LogP contribution in [0.5, 0.6) is 0 Å². The van der Waals surface area contributed by atoms with Crippen LogP contribution < -0.4 is 5.32 Å². The Labute approximate surface area is 63.0 Å². The van der Waals surface area contributed by atoms with E-state index in [0.717, 1.165) is 0 Å². The zero-order valence-electron chi connectivity index (χ0n) is 5.66. The van der Waals surface area contributed by atoms with Gasteiger partial charge in [-0.2, -0.15) is 10.4 Å². The molecule has 5 nitrogen and oxygen atoms in total. The maximum Gasteiger partial charge on any atom is 0.255 e. The Morgan fingerprint density at radius 3 is 3.27 bits per heavy atom. The molecular weight excluding hydrogens is 144 g/mol. The van der Waals surface area contributed by atoms with E-state index in [1.54, 1.807) is 6.07 Å². The number of aromatic amines is 1. The minimum atomic E-state index is -0.291. The van der Waals surface area contributed by atoms with Gasteiger partial charge in [0.1, 0.15) is 6.54 Å². The molecule has 0 saturated heterocycles. The quantitative estimate of drug-likeness (QED) is 0.566. The molecule has 0 bridgehead atoms. The molecule has 0 aliphatic heterocycles. The molecule has 11 heavy (non-hydrogen) atoms. The van der Waals surface area contributed by atoms with Crippen LogP contribution in [0.2, 0.25) is 0 Å². The van der Waals surface area contributed by atoms with Crippen LogP contribution in [0.15, 0.2) is 12.4 Å². The highest BCUT2D eigenvalue weighted by Crippen LogP contribution is 1.91. The summed E-state index contributed by atoms with van der Waals surface area (Å²) in [5, 5.41) is 16.6. The molecule has 0 saturated carbocycles. The van der Waals surface area contributed by atoms with E-state index in [2.05, 4.69) is 15.5 Å². The van der Waals surface area contributed by atoms with Gasteiger partial charge in [-0.1, -0.05) is 0 Å². The summed E-state index contributed by atoms with van der Waals surface area (Å²) in [5.74, 6) is -0.291. The molecule has 0 unspecified atom stereocenters. The van der Waals surface area contributed by atoms with Crippen molar-refractivity contribution in [3.8, 4) is 6.07 Å². The van der Waals surface area contributed by atoms with Gasteiger partial charge in [0, 0.05) is 6.20 Å². The van der Waals surface area contributed by atoms with E-state index in [0.29, 0.717) is 5.56 Å². The third-order valence-electron chi connectivity index (χ3n) is 1.09. The first-order valence-corrected chi connectivity index (χ1v) is 2.98. The first-order chi connectivity index (χ1) is 5.34. The minimum Gasteiger partial charge on any atom is -0.339 e. The molecule has 1 aromatic rings. The summed E-state index contributed by atoms with van der Waals surface area (Å²) in [6.07, 6.45) is 2.86. The fourth-order valence-corrected chi connectivity index (χ4v) is 0.597. The minimum absolute atomic E-state index is 0.0179. The monoisotopic (exact) mass is 150 g/mol. The highest BCUT2D eigenvalue weighted by molar-refractivity contribution is 5.93. The summed E-state index contributed by atoms with van der Waals surface area (Å²) in [4.78, 5) is 10.9. The first-order valence-electron chi connectivity index (χ1n) is 2.98. The van der Waals surface area contributed by atoms with Crippen molar-refractivity contribution < 1.29 is 4.79 Å². The number of carbonyl (C=O) groups excluding carboxylic acids is 1. The molecule has 5 heteroatoms. The van der Waals surface area contributed by atoms with E-state index in [1.807, 2.05) is 0 Å². The second-order valence-electron chi connectivity index (χ2n) is 1.83. The van der Waals surface area contributed by atoms with E-state index >= 15 is 0 Å². The molecule has 56 valence electrons. The Morgan fingerprint density at radius 2 is 2.73 bits per heavy atom. The van der Waals surface area contributed by atoms with Crippen molar-refractivity contribution in [2.75, 3.05) is 6.54 Å². The van der Waals surface area contributed by atoms with Gasteiger partial charge in [0.05, 0.1) is 17.8 Å². The molecule has 0 fully saturated rings. The summed E-state index contributed by atoms with van der Waals surface area (Å²) < 4.78 is 0. The van der Waals surface area contributed by atoms with Gasteiger partial charge in [0.25, 0.3) is 5.91 Å². The maximum atomic E-state index is 10.9. The maximum absolute atomic E-state index is 10.9. The van der Waals surface area contributed by atoms with Gasteiger partial charge in [-0.25, -0.2) is 0 Å². The molecule has 0 aliphatic rings. The molecule has 0 aromatic carbocycles. The largest absolute Gasteiger partial charge is 0.339 e. The van der Waals surface area contributed by atoms with Crippen LogP contribution in [0.3, 0.4) is 0 Å². The number of nitrogens with one attached hydrogen (secondary N) is 2. The number of H-pyrrole nitrogens is 1. The second-order valence-corrected chi connectivity index (χ2v) is 1.83. The van der Waals surface area contributed by atoms with Gasteiger partial charge in [-0.15, -0.1) is 0 Å². The van der Waals surface area contributed by atoms with Crippen molar-refractivity contribution in [3.05, 3.63) is 18.0 Å². The number of nitrogens with zero attached hydrogens (tertiary/aromatic N) is 2. The smallest absolute Gasteiger partial charge is 0.255 e. The third-order valence-corrected chi connectivity index (χ3v) is 1.09. The van der Waals surface area contributed by atoms with Gasteiger partial charge >= 0.3 is 0 Å². The predicted octanol–water partition coefficient (Wildman–Crippen LogP) is -0.337. The van der Waals surface area contributed by atoms with Gasteiger partial charge < -0.3 is 5.32 Å². The molecule has 1 heterocycles. The van der Waals surface area contributed by atoms with Gasteiger partial charge in [0.15, 0.2) is 0 Å². The highest BCUT2D eigenvalue weighted by atomic mass is 16.1. The van der Waals surface area contributed by atoms with Crippen molar-refractivity contribution >= 4 is 5.91 Å². The molecule has 0 aliphatic carbocycles. The lowest BCUT2D eigenvalue weighted by atomic mass is 10.3. The zero-order chi connectivity index (χ0) is 8.10. The normalized spacial score (nSPS) is 8.64. The molecule has 2 N–H and O–H groups in total. The highest BCUT2D eigenvalue weighted by Gasteiger charge is 2.03. The standard InChI is InChI=1S/C6H6N4O/c7-1-2-8-6(11)5-3-9-10-4-5/h3-4H,2H2,(H,8,11)(H,9,10). The average molecular weight is 150 g/mol. The molecule has 1 aromatic heterocycles. The van der Waals surface area contributed by atoms with Crippen LogP contribution in [0, 0.1) is 11.3 Å². The van der Waals surface area contributed by atoms with E-state index in [-0.39, 0.29) is 12.5 Å². The van der Waals surface area contributed by atoms with Crippen molar-refractivity contribution in [2.45, 2.75) is 0 Å². The summed E-state index contributed by atoms with van der Waals surface area (Å²) in [7, 11) is 0. The average Bonchev–Trinajstić information content (AvgIpc) is 2.52. The van der Waals surface area contributed by atoms with Crippen LogP contribution in [-0.4, -0.2) is 22.6 Å². The van der Waals surface area contributed by atoms with Crippen LogP contribution >= 0.6 is 0 Å². The Morgan fingerprint density at radius 1 is 1.91 bits per heavy atom. The fraction of sp³-hybridized carbons (Fsp3) is 0.167. The van der Waals surface area contributed by atoms with Crippen molar-refractivity contribution in [1.82, 2.24) is 15.5 Å². The summed E-state index contributed by atoms with van der Waals surface area (Å²) >= 11 is 0. The van der Waals surface area contributed by atoms with E-state index in [9.17, 15) is 4.79 Å². The number of nitriles is 1. The number of rotatable bonds is 2. The number of hydrogen-bond donors (Lipinski definition) is 2. The number of carbonyl (C=O) groups is 1. The number of aromatic nitrogens is 2. The van der Waals surface area contributed by atoms with Gasteiger partial charge in [-0.05, 0) is 0 Å². The van der Waals surface area contributed by atoms with Gasteiger partial charge in [0.2, 0.25) is 0 Å². The third kappa shape index (κ3) is 1.79. The second kappa shape index (κ2) is 3.37. The summed E-state index contributed by atoms with van der Waals surface area (Å²) in [6.45, 7) is 0.0179. The van der Waals surface area contributed by atoms with E-state index in [1.165, 1.54) is 12.4 Å². The van der Waals surface area contributed by atoms with E-state index < -0.39 is 0 Å². The molecule has 0 spiro atoms. The van der Waals surface area contributed by atoms with Crippen molar-refractivity contribution in [3.63, 3.8) is 0 Å². The van der Waals surface area contributed by atoms with Gasteiger partial charge in [-0.3, -0.25) is 9.89 Å². The summed E-state index contributed by atoms with van der Waals surface area (Å²) in [6, 6.07) is 1.80. The van der Waals surface area contributed by atoms with Crippen LogP contribution in [-0.2, 0) is 0 Å². The SMILES string of the molecule is N#CCNC(=O)c1cn[nH]c1. The van der Waals surface area contributed by atoms with Crippen LogP contribution in [0.25, 0.3) is 0 Å². The topological polar surface area (TPSA) is 81.6 Å². The molecule has 1 rings (SSSR count). The first kappa shape index (κ1) is 7.28. The molecule has 1 amide bonds. The fourth-order valence-electron chi connectivity index (χ4n) is 0.597. The molecule has 0 radical (unpaired) electrons. The van der Waals surface area contributed by atoms with E-state index in [4.69, 9.17) is 5.26 Å². The Kier molecular flexibility index (Phi) is 2.23. The van der Waals surface area contributed by atoms with Crippen LogP contribution in [0.4, 0.5) is 0 Å². The Hall–Kier alpha value is -1.83. The van der Waals surface area contributed by atoms with Crippen molar-refractivity contribution in [1.29, 1.82) is 5.26 Å². The Balaban J connectivity index is 2.51. The number of hydrogen-bond acceptors (Lipinski definition) is 3. The number of amides is 1. The predicted molar refractivity (Wildman–Crippen MR) is 36.5 cm³/mol. The lowest BCUT2D eigenvalue weighted by Crippen LogP contribution is -2.22. The van der Waals surface area contributed by atoms with Crippen LogP contribution in [0.1, 0.15) is 10.4 Å². The molecule has 0 atom stereocenters.